The Hall–Kier alpha value is -2.33. The van der Waals surface area contributed by atoms with Crippen LogP contribution >= 0.6 is 0 Å². The molecule has 0 radical (unpaired) electrons. The van der Waals surface area contributed by atoms with Crippen molar-refractivity contribution in [1.29, 1.82) is 0 Å². The molecule has 1 aliphatic heterocycles. The number of hydrogen-bond acceptors (Lipinski definition) is 3. The lowest BCUT2D eigenvalue weighted by molar-refractivity contribution is 0.0857. The van der Waals surface area contributed by atoms with E-state index in [-0.39, 0.29) is 11.9 Å². The summed E-state index contributed by atoms with van der Waals surface area (Å²) in [4.78, 5) is 12.8. The lowest BCUT2D eigenvalue weighted by atomic mass is 9.96. The standard InChI is InChI=1S/C19H20N2O2/c22-17-11-12-5-1-2-6-13(12)18(17)21-19(23)15-7-3-9-16-14(15)8-4-10-20-16/h1-3,5-7,9,17-18,20,22H,4,8,10-11H2,(H,21,23)/t17-,18+/m1/s1. The highest BCUT2D eigenvalue weighted by molar-refractivity contribution is 5.97. The van der Waals surface area contributed by atoms with Crippen molar-refractivity contribution >= 4 is 11.6 Å². The molecule has 1 heterocycles. The van der Waals surface area contributed by atoms with Crippen molar-refractivity contribution in [2.45, 2.75) is 31.4 Å². The third-order valence-corrected chi connectivity index (χ3v) is 4.83. The van der Waals surface area contributed by atoms with Crippen molar-refractivity contribution in [2.24, 2.45) is 0 Å². The zero-order chi connectivity index (χ0) is 15.8. The molecule has 0 saturated heterocycles. The van der Waals surface area contributed by atoms with E-state index < -0.39 is 6.10 Å². The van der Waals surface area contributed by atoms with Gasteiger partial charge in [0, 0.05) is 24.2 Å². The molecule has 4 nitrogen and oxygen atoms in total. The molecule has 118 valence electrons. The molecule has 0 bridgehead atoms. The minimum atomic E-state index is -0.561. The van der Waals surface area contributed by atoms with Gasteiger partial charge in [0.15, 0.2) is 0 Å². The zero-order valence-corrected chi connectivity index (χ0v) is 12.9. The summed E-state index contributed by atoms with van der Waals surface area (Å²) in [7, 11) is 0. The van der Waals surface area contributed by atoms with Crippen molar-refractivity contribution in [3.63, 3.8) is 0 Å². The minimum absolute atomic E-state index is 0.105. The molecule has 23 heavy (non-hydrogen) atoms. The van der Waals surface area contributed by atoms with Crippen LogP contribution in [0.1, 0.15) is 39.5 Å². The quantitative estimate of drug-likeness (QED) is 0.798. The Balaban J connectivity index is 1.62. The largest absolute Gasteiger partial charge is 0.390 e. The van der Waals surface area contributed by atoms with Crippen LogP contribution in [-0.2, 0) is 12.8 Å². The first-order valence-electron chi connectivity index (χ1n) is 8.16. The summed E-state index contributed by atoms with van der Waals surface area (Å²) in [5.74, 6) is -0.105. The number of amides is 1. The van der Waals surface area contributed by atoms with E-state index in [9.17, 15) is 9.90 Å². The maximum absolute atomic E-state index is 12.8. The van der Waals surface area contributed by atoms with Crippen LogP contribution in [0.4, 0.5) is 5.69 Å². The van der Waals surface area contributed by atoms with E-state index in [0.717, 1.165) is 41.8 Å². The van der Waals surface area contributed by atoms with E-state index >= 15 is 0 Å². The fourth-order valence-electron chi connectivity index (χ4n) is 3.69. The molecule has 0 saturated carbocycles. The van der Waals surface area contributed by atoms with Crippen LogP contribution in [0, 0.1) is 0 Å². The monoisotopic (exact) mass is 308 g/mol. The summed E-state index contributed by atoms with van der Waals surface area (Å²) in [5.41, 5.74) is 4.98. The Labute approximate surface area is 135 Å². The van der Waals surface area contributed by atoms with Gasteiger partial charge in [0.05, 0.1) is 12.1 Å². The van der Waals surface area contributed by atoms with E-state index in [2.05, 4.69) is 10.6 Å². The number of aliphatic hydroxyl groups is 1. The molecule has 1 aliphatic carbocycles. The summed E-state index contributed by atoms with van der Waals surface area (Å²) in [6.07, 6.45) is 1.98. The minimum Gasteiger partial charge on any atom is -0.390 e. The molecular formula is C19H20N2O2. The third kappa shape index (κ3) is 2.49. The Morgan fingerprint density at radius 2 is 2.04 bits per heavy atom. The predicted molar refractivity (Wildman–Crippen MR) is 89.6 cm³/mol. The lowest BCUT2D eigenvalue weighted by Gasteiger charge is -2.23. The molecule has 0 aromatic heterocycles. The summed E-state index contributed by atoms with van der Waals surface area (Å²) in [5, 5.41) is 16.7. The highest BCUT2D eigenvalue weighted by Crippen LogP contribution is 2.32. The van der Waals surface area contributed by atoms with E-state index in [1.807, 2.05) is 42.5 Å². The number of nitrogens with one attached hydrogen (secondary N) is 2. The highest BCUT2D eigenvalue weighted by atomic mass is 16.3. The molecule has 4 rings (SSSR count). The molecule has 3 N–H and O–H groups in total. The number of rotatable bonds is 2. The summed E-state index contributed by atoms with van der Waals surface area (Å²) in [6, 6.07) is 13.4. The number of carbonyl (C=O) groups excluding carboxylic acids is 1. The van der Waals surface area contributed by atoms with E-state index in [1.54, 1.807) is 0 Å². The second-order valence-electron chi connectivity index (χ2n) is 6.28. The van der Waals surface area contributed by atoms with Crippen molar-refractivity contribution in [1.82, 2.24) is 5.32 Å². The normalized spacial score (nSPS) is 22.0. The summed E-state index contributed by atoms with van der Waals surface area (Å²) >= 11 is 0. The third-order valence-electron chi connectivity index (χ3n) is 4.83. The van der Waals surface area contributed by atoms with Gasteiger partial charge in [0.2, 0.25) is 0 Å². The van der Waals surface area contributed by atoms with Gasteiger partial charge < -0.3 is 15.7 Å². The van der Waals surface area contributed by atoms with Crippen LogP contribution in [0.2, 0.25) is 0 Å². The van der Waals surface area contributed by atoms with Crippen LogP contribution in [0.5, 0.6) is 0 Å². The second-order valence-corrected chi connectivity index (χ2v) is 6.28. The maximum Gasteiger partial charge on any atom is 0.252 e. The van der Waals surface area contributed by atoms with Gasteiger partial charge in [-0.25, -0.2) is 0 Å². The number of carbonyl (C=O) groups is 1. The van der Waals surface area contributed by atoms with Gasteiger partial charge >= 0.3 is 0 Å². The van der Waals surface area contributed by atoms with Crippen molar-refractivity contribution in [3.8, 4) is 0 Å². The molecule has 2 aliphatic rings. The predicted octanol–water partition coefficient (Wildman–Crippen LogP) is 2.43. The first-order chi connectivity index (χ1) is 11.2. The molecule has 0 spiro atoms. The SMILES string of the molecule is O=C(N[C@H]1c2ccccc2C[C@H]1O)c1cccc2c1CCCN2. The summed E-state index contributed by atoms with van der Waals surface area (Å²) in [6.45, 7) is 0.951. The second kappa shape index (κ2) is 5.70. The summed E-state index contributed by atoms with van der Waals surface area (Å²) < 4.78 is 0. The average molecular weight is 308 g/mol. The van der Waals surface area contributed by atoms with Crippen molar-refractivity contribution < 1.29 is 9.90 Å². The highest BCUT2D eigenvalue weighted by Gasteiger charge is 2.32. The number of hydrogen-bond donors (Lipinski definition) is 3. The number of fused-ring (bicyclic) bond motifs is 2. The molecule has 2 atom stereocenters. The average Bonchev–Trinajstić information content (AvgIpc) is 2.90. The van der Waals surface area contributed by atoms with Crippen LogP contribution in [-0.4, -0.2) is 23.7 Å². The zero-order valence-electron chi connectivity index (χ0n) is 12.9. The van der Waals surface area contributed by atoms with Gasteiger partial charge in [-0.05, 0) is 41.7 Å². The Morgan fingerprint density at radius 3 is 2.96 bits per heavy atom. The number of aliphatic hydroxyl groups excluding tert-OH is 1. The van der Waals surface area contributed by atoms with Gasteiger partial charge in [-0.1, -0.05) is 30.3 Å². The molecule has 4 heteroatoms. The van der Waals surface area contributed by atoms with E-state index in [0.29, 0.717) is 12.0 Å². The van der Waals surface area contributed by atoms with Crippen LogP contribution < -0.4 is 10.6 Å². The Kier molecular flexibility index (Phi) is 3.54. The number of benzene rings is 2. The Morgan fingerprint density at radius 1 is 1.17 bits per heavy atom. The molecule has 1 amide bonds. The number of anilines is 1. The van der Waals surface area contributed by atoms with Gasteiger partial charge in [-0.3, -0.25) is 4.79 Å². The van der Waals surface area contributed by atoms with Gasteiger partial charge in [0.25, 0.3) is 5.91 Å². The fraction of sp³-hybridized carbons (Fsp3) is 0.316. The van der Waals surface area contributed by atoms with Crippen LogP contribution in [0.15, 0.2) is 42.5 Å². The first kappa shape index (κ1) is 14.3. The van der Waals surface area contributed by atoms with E-state index in [1.165, 1.54) is 0 Å². The van der Waals surface area contributed by atoms with Crippen LogP contribution in [0.3, 0.4) is 0 Å². The smallest absolute Gasteiger partial charge is 0.252 e. The molecule has 0 unspecified atom stereocenters. The first-order valence-corrected chi connectivity index (χ1v) is 8.16. The Bertz CT molecular complexity index is 757. The van der Waals surface area contributed by atoms with E-state index in [4.69, 9.17) is 0 Å². The fourth-order valence-corrected chi connectivity index (χ4v) is 3.69. The van der Waals surface area contributed by atoms with Crippen LogP contribution in [0.25, 0.3) is 0 Å². The van der Waals surface area contributed by atoms with Gasteiger partial charge in [-0.2, -0.15) is 0 Å². The maximum atomic E-state index is 12.8. The lowest BCUT2D eigenvalue weighted by Crippen LogP contribution is -2.34. The van der Waals surface area contributed by atoms with Crippen molar-refractivity contribution in [3.05, 3.63) is 64.7 Å². The molecular weight excluding hydrogens is 288 g/mol. The van der Waals surface area contributed by atoms with Crippen molar-refractivity contribution in [2.75, 3.05) is 11.9 Å². The molecule has 0 fully saturated rings. The molecule has 2 aromatic carbocycles. The van der Waals surface area contributed by atoms with Gasteiger partial charge in [-0.15, -0.1) is 0 Å². The topological polar surface area (TPSA) is 61.4 Å². The van der Waals surface area contributed by atoms with Gasteiger partial charge in [0.1, 0.15) is 0 Å². The molecule has 2 aromatic rings.